The fraction of sp³-hybridized carbons (Fsp3) is 0.485. The number of anilines is 1. The summed E-state index contributed by atoms with van der Waals surface area (Å²) in [7, 11) is 4.50. The van der Waals surface area contributed by atoms with Crippen LogP contribution in [0.5, 0.6) is 0 Å². The smallest absolute Gasteiger partial charge is 0.209 e. The SMILES string of the molecule is CCC[C@@]1(C)C(/C=C(/C=C2\N(C)c3ccccc3[C@@]2(C)CCC)C(C)(C)C)=[N+](C)c2ccccc21. The van der Waals surface area contributed by atoms with E-state index in [4.69, 9.17) is 0 Å². The Morgan fingerprint density at radius 2 is 1.46 bits per heavy atom. The molecular weight excluding hydrogens is 424 g/mol. The van der Waals surface area contributed by atoms with Crippen molar-refractivity contribution in [1.29, 1.82) is 0 Å². The Balaban J connectivity index is 1.92. The predicted octanol–water partition coefficient (Wildman–Crippen LogP) is 8.54. The largest absolute Gasteiger partial charge is 0.347 e. The summed E-state index contributed by atoms with van der Waals surface area (Å²) in [6.45, 7) is 16.6. The van der Waals surface area contributed by atoms with Crippen LogP contribution in [0.25, 0.3) is 0 Å². The molecule has 2 aliphatic heterocycles. The van der Waals surface area contributed by atoms with Gasteiger partial charge in [-0.15, -0.1) is 0 Å². The lowest BCUT2D eigenvalue weighted by atomic mass is 9.73. The van der Waals surface area contributed by atoms with Crippen molar-refractivity contribution in [2.75, 3.05) is 19.0 Å². The molecule has 0 amide bonds. The van der Waals surface area contributed by atoms with Crippen LogP contribution in [0.15, 0.2) is 72.0 Å². The molecule has 0 aliphatic carbocycles. The van der Waals surface area contributed by atoms with Crippen LogP contribution >= 0.6 is 0 Å². The summed E-state index contributed by atoms with van der Waals surface area (Å²) in [5, 5.41) is 0. The molecular formula is C33H45N2+. The van der Waals surface area contributed by atoms with E-state index < -0.39 is 0 Å². The number of rotatable bonds is 6. The highest BCUT2D eigenvalue weighted by Gasteiger charge is 2.47. The Labute approximate surface area is 214 Å². The van der Waals surface area contributed by atoms with Crippen LogP contribution in [-0.2, 0) is 10.8 Å². The van der Waals surface area contributed by atoms with Crippen molar-refractivity contribution < 1.29 is 4.58 Å². The maximum absolute atomic E-state index is 2.52. The maximum atomic E-state index is 2.52. The minimum atomic E-state index is 0.0193. The van der Waals surface area contributed by atoms with Gasteiger partial charge < -0.3 is 4.90 Å². The van der Waals surface area contributed by atoms with Gasteiger partial charge >= 0.3 is 0 Å². The molecule has 0 fully saturated rings. The zero-order chi connectivity index (χ0) is 25.6. The van der Waals surface area contributed by atoms with E-state index in [1.807, 2.05) is 0 Å². The lowest BCUT2D eigenvalue weighted by Gasteiger charge is -2.31. The second kappa shape index (κ2) is 9.12. The number of fused-ring (bicyclic) bond motifs is 2. The minimum absolute atomic E-state index is 0.0193. The summed E-state index contributed by atoms with van der Waals surface area (Å²) < 4.78 is 2.44. The predicted molar refractivity (Wildman–Crippen MR) is 152 cm³/mol. The second-order valence-corrected chi connectivity index (χ2v) is 12.1. The molecule has 0 saturated heterocycles. The number of para-hydroxylation sites is 2. The number of hydrogen-bond acceptors (Lipinski definition) is 1. The summed E-state index contributed by atoms with van der Waals surface area (Å²) in [4.78, 5) is 2.44. The molecule has 2 aliphatic rings. The minimum Gasteiger partial charge on any atom is -0.347 e. The van der Waals surface area contributed by atoms with Crippen LogP contribution in [0.3, 0.4) is 0 Å². The normalized spacial score (nSPS) is 25.5. The van der Waals surface area contributed by atoms with Crippen molar-refractivity contribution in [2.45, 2.75) is 85.0 Å². The van der Waals surface area contributed by atoms with E-state index >= 15 is 0 Å². The molecule has 0 saturated carbocycles. The van der Waals surface area contributed by atoms with Gasteiger partial charge in [0.15, 0.2) is 5.71 Å². The van der Waals surface area contributed by atoms with Gasteiger partial charge in [0.25, 0.3) is 0 Å². The number of benzene rings is 2. The summed E-state index contributed by atoms with van der Waals surface area (Å²) in [6.07, 6.45) is 9.65. The summed E-state index contributed by atoms with van der Waals surface area (Å²) >= 11 is 0. The molecule has 35 heavy (non-hydrogen) atoms. The van der Waals surface area contributed by atoms with Gasteiger partial charge in [0.1, 0.15) is 7.05 Å². The number of allylic oxidation sites excluding steroid dienone is 4. The zero-order valence-electron chi connectivity index (χ0n) is 23.5. The van der Waals surface area contributed by atoms with Gasteiger partial charge in [-0.1, -0.05) is 83.9 Å². The van der Waals surface area contributed by atoms with E-state index in [1.165, 1.54) is 39.5 Å². The molecule has 0 radical (unpaired) electrons. The average molecular weight is 470 g/mol. The quantitative estimate of drug-likeness (QED) is 0.384. The third-order valence-corrected chi connectivity index (χ3v) is 8.52. The molecule has 2 nitrogen and oxygen atoms in total. The number of nitrogens with zero attached hydrogens (tertiary/aromatic N) is 2. The van der Waals surface area contributed by atoms with E-state index in [0.29, 0.717) is 0 Å². The summed E-state index contributed by atoms with van der Waals surface area (Å²) in [5.41, 5.74) is 9.88. The number of likely N-dealkylation sites (N-methyl/N-ethyl adjacent to an activating group) is 1. The fourth-order valence-electron chi connectivity index (χ4n) is 6.55. The molecule has 2 aromatic rings. The number of hydrogen-bond donors (Lipinski definition) is 0. The monoisotopic (exact) mass is 469 g/mol. The molecule has 4 rings (SSSR count). The van der Waals surface area contributed by atoms with Gasteiger partial charge in [0.2, 0.25) is 5.69 Å². The standard InChI is InChI=1S/C33H45N2/c1-10-20-32(6)25-16-12-14-18-27(25)34(8)29(32)22-24(31(3,4)5)23-30-33(7,21-11-2)26-17-13-15-19-28(26)35(30)9/h12-19,22-23H,10-11,20-21H2,1-9H3/q+1/t32-,33-/m1/s1. The third kappa shape index (κ3) is 4.09. The highest BCUT2D eigenvalue weighted by atomic mass is 15.2. The van der Waals surface area contributed by atoms with Crippen LogP contribution in [-0.4, -0.2) is 24.4 Å². The summed E-state index contributed by atoms with van der Waals surface area (Å²) in [5.74, 6) is 0. The van der Waals surface area contributed by atoms with Crippen molar-refractivity contribution >= 4 is 17.1 Å². The van der Waals surface area contributed by atoms with Crippen LogP contribution in [0, 0.1) is 5.41 Å². The Morgan fingerprint density at radius 1 is 0.886 bits per heavy atom. The molecule has 2 atom stereocenters. The van der Waals surface area contributed by atoms with E-state index in [-0.39, 0.29) is 16.2 Å². The van der Waals surface area contributed by atoms with Crippen LogP contribution < -0.4 is 4.90 Å². The average Bonchev–Trinajstić information content (AvgIpc) is 3.15. The van der Waals surface area contributed by atoms with Crippen molar-refractivity contribution in [3.8, 4) is 0 Å². The van der Waals surface area contributed by atoms with Crippen LogP contribution in [0.1, 0.15) is 85.3 Å². The Hall–Kier alpha value is -2.61. The molecule has 0 spiro atoms. The van der Waals surface area contributed by atoms with Gasteiger partial charge in [-0.3, -0.25) is 0 Å². The summed E-state index contributed by atoms with van der Waals surface area (Å²) in [6, 6.07) is 17.9. The van der Waals surface area contributed by atoms with E-state index in [2.05, 4.69) is 133 Å². The molecule has 2 aromatic carbocycles. The van der Waals surface area contributed by atoms with E-state index in [0.717, 1.165) is 25.7 Å². The fourth-order valence-corrected chi connectivity index (χ4v) is 6.55. The third-order valence-electron chi connectivity index (χ3n) is 8.52. The van der Waals surface area contributed by atoms with Gasteiger partial charge in [0, 0.05) is 41.6 Å². The Kier molecular flexibility index (Phi) is 6.64. The Morgan fingerprint density at radius 3 is 2.09 bits per heavy atom. The second-order valence-electron chi connectivity index (χ2n) is 12.1. The first kappa shape index (κ1) is 25.5. The first-order valence-electron chi connectivity index (χ1n) is 13.5. The molecule has 0 aromatic heterocycles. The van der Waals surface area contributed by atoms with Crippen molar-refractivity contribution in [3.63, 3.8) is 0 Å². The van der Waals surface area contributed by atoms with Gasteiger partial charge in [0.05, 0.1) is 5.41 Å². The lowest BCUT2D eigenvalue weighted by Crippen LogP contribution is -2.32. The highest BCUT2D eigenvalue weighted by Crippen LogP contribution is 2.51. The maximum Gasteiger partial charge on any atom is 0.209 e. The first-order valence-corrected chi connectivity index (χ1v) is 13.5. The molecule has 0 unspecified atom stereocenters. The molecule has 2 heteroatoms. The van der Waals surface area contributed by atoms with Gasteiger partial charge in [-0.25, -0.2) is 0 Å². The molecule has 0 bridgehead atoms. The van der Waals surface area contributed by atoms with E-state index in [9.17, 15) is 0 Å². The molecule has 186 valence electrons. The Bertz CT molecular complexity index is 1210. The molecule has 0 N–H and O–H groups in total. The lowest BCUT2D eigenvalue weighted by molar-refractivity contribution is -0.401. The van der Waals surface area contributed by atoms with Crippen molar-refractivity contribution in [1.82, 2.24) is 0 Å². The van der Waals surface area contributed by atoms with Gasteiger partial charge in [-0.2, -0.15) is 4.58 Å². The van der Waals surface area contributed by atoms with E-state index in [1.54, 1.807) is 0 Å². The van der Waals surface area contributed by atoms with Gasteiger partial charge in [-0.05, 0) is 55.4 Å². The van der Waals surface area contributed by atoms with Crippen molar-refractivity contribution in [3.05, 3.63) is 83.1 Å². The first-order chi connectivity index (χ1) is 16.5. The topological polar surface area (TPSA) is 6.25 Å². The van der Waals surface area contributed by atoms with Crippen LogP contribution in [0.4, 0.5) is 11.4 Å². The highest BCUT2D eigenvalue weighted by molar-refractivity contribution is 6.04. The molecule has 2 heterocycles. The zero-order valence-corrected chi connectivity index (χ0v) is 23.5. The van der Waals surface area contributed by atoms with Crippen LogP contribution in [0.2, 0.25) is 0 Å². The van der Waals surface area contributed by atoms with Crippen molar-refractivity contribution in [2.24, 2.45) is 5.41 Å².